The molecule has 0 aromatic heterocycles. The fraction of sp³-hybridized carbons (Fsp3) is 0.760. The van der Waals surface area contributed by atoms with Crippen molar-refractivity contribution in [2.45, 2.75) is 124 Å². The number of unbranched alkanes of at least 4 members (excludes halogenated alkanes) is 10. The van der Waals surface area contributed by atoms with E-state index in [0.717, 1.165) is 0 Å². The van der Waals surface area contributed by atoms with E-state index in [0.29, 0.717) is 0 Å². The predicted octanol–water partition coefficient (Wildman–Crippen LogP) is 8.45. The van der Waals surface area contributed by atoms with E-state index in [1.54, 1.807) is 16.7 Å². The third-order valence-corrected chi connectivity index (χ3v) is 5.50. The average Bonchev–Trinajstić information content (AvgIpc) is 2.63. The molecule has 0 spiro atoms. The molecule has 0 radical (unpaired) electrons. The lowest BCUT2D eigenvalue weighted by Crippen LogP contribution is -2.02. The normalized spacial score (nSPS) is 11.2. The lowest BCUT2D eigenvalue weighted by Gasteiger charge is -2.15. The second-order valence-corrected chi connectivity index (χ2v) is 7.84. The van der Waals surface area contributed by atoms with E-state index < -0.39 is 0 Å². The summed E-state index contributed by atoms with van der Waals surface area (Å²) in [5, 5.41) is 0. The Morgan fingerprint density at radius 1 is 0.480 bits per heavy atom. The second kappa shape index (κ2) is 15.5. The van der Waals surface area contributed by atoms with Crippen molar-refractivity contribution in [2.75, 3.05) is 0 Å². The van der Waals surface area contributed by atoms with E-state index in [9.17, 15) is 0 Å². The molecule has 0 atom stereocenters. The van der Waals surface area contributed by atoms with Crippen LogP contribution in [0.5, 0.6) is 0 Å². The predicted molar refractivity (Wildman–Crippen MR) is 115 cm³/mol. The van der Waals surface area contributed by atoms with Gasteiger partial charge in [0.25, 0.3) is 0 Å². The maximum atomic E-state index is 2.42. The SMILES string of the molecule is CCCCCCCCCc1cccc(CCCC)c1CCCCCC. The van der Waals surface area contributed by atoms with Crippen molar-refractivity contribution in [3.8, 4) is 0 Å². The fourth-order valence-electron chi connectivity index (χ4n) is 3.85. The summed E-state index contributed by atoms with van der Waals surface area (Å²) in [7, 11) is 0. The van der Waals surface area contributed by atoms with E-state index in [1.165, 1.54) is 103 Å². The van der Waals surface area contributed by atoms with Crippen molar-refractivity contribution in [3.63, 3.8) is 0 Å². The smallest absolute Gasteiger partial charge is 0.0273 e. The molecular weight excluding hydrogens is 300 g/mol. The van der Waals surface area contributed by atoms with Crippen molar-refractivity contribution in [1.82, 2.24) is 0 Å². The first-order valence-corrected chi connectivity index (χ1v) is 11.4. The molecule has 25 heavy (non-hydrogen) atoms. The highest BCUT2D eigenvalue weighted by molar-refractivity contribution is 5.36. The van der Waals surface area contributed by atoms with E-state index >= 15 is 0 Å². The third kappa shape index (κ3) is 10.1. The third-order valence-electron chi connectivity index (χ3n) is 5.50. The summed E-state index contributed by atoms with van der Waals surface area (Å²) < 4.78 is 0. The quantitative estimate of drug-likeness (QED) is 0.264. The van der Waals surface area contributed by atoms with Gasteiger partial charge in [-0.05, 0) is 55.2 Å². The molecule has 0 aliphatic carbocycles. The van der Waals surface area contributed by atoms with Crippen LogP contribution < -0.4 is 0 Å². The summed E-state index contributed by atoms with van der Waals surface area (Å²) in [6, 6.07) is 7.14. The Labute approximate surface area is 158 Å². The van der Waals surface area contributed by atoms with E-state index in [1.807, 2.05) is 0 Å². The topological polar surface area (TPSA) is 0 Å². The van der Waals surface area contributed by atoms with Gasteiger partial charge in [0.1, 0.15) is 0 Å². The van der Waals surface area contributed by atoms with Crippen molar-refractivity contribution in [2.24, 2.45) is 0 Å². The summed E-state index contributed by atoms with van der Waals surface area (Å²) in [5.41, 5.74) is 5.04. The zero-order valence-corrected chi connectivity index (χ0v) is 17.5. The highest BCUT2D eigenvalue weighted by atomic mass is 14.1. The first kappa shape index (κ1) is 22.3. The van der Waals surface area contributed by atoms with Gasteiger partial charge in [0.05, 0.1) is 0 Å². The second-order valence-electron chi connectivity index (χ2n) is 7.84. The van der Waals surface area contributed by atoms with Crippen LogP contribution in [-0.4, -0.2) is 0 Å². The largest absolute Gasteiger partial charge is 0.0654 e. The highest BCUT2D eigenvalue weighted by Crippen LogP contribution is 2.22. The minimum atomic E-state index is 1.28. The molecule has 0 heteroatoms. The molecule has 0 unspecified atom stereocenters. The summed E-state index contributed by atoms with van der Waals surface area (Å²) >= 11 is 0. The van der Waals surface area contributed by atoms with Gasteiger partial charge in [0, 0.05) is 0 Å². The molecule has 0 heterocycles. The fourth-order valence-corrected chi connectivity index (χ4v) is 3.85. The van der Waals surface area contributed by atoms with Crippen molar-refractivity contribution in [3.05, 3.63) is 34.9 Å². The summed E-state index contributed by atoms with van der Waals surface area (Å²) in [6.45, 7) is 6.91. The van der Waals surface area contributed by atoms with E-state index in [2.05, 4.69) is 39.0 Å². The monoisotopic (exact) mass is 344 g/mol. The molecule has 1 aromatic carbocycles. The molecule has 1 rings (SSSR count). The Kier molecular flexibility index (Phi) is 13.8. The molecule has 0 nitrogen and oxygen atoms in total. The van der Waals surface area contributed by atoms with Crippen LogP contribution in [0.3, 0.4) is 0 Å². The summed E-state index contributed by atoms with van der Waals surface area (Å²) in [6.07, 6.45) is 21.9. The standard InChI is InChI=1S/C25H44/c1-4-7-10-12-13-14-15-19-24-21-17-20-23(18-9-6-3)25(24)22-16-11-8-5-2/h17,20-21H,4-16,18-19,22H2,1-3H3. The lowest BCUT2D eigenvalue weighted by molar-refractivity contribution is 0.587. The van der Waals surface area contributed by atoms with Crippen LogP contribution in [0.25, 0.3) is 0 Å². The molecule has 1 aromatic rings. The Morgan fingerprint density at radius 3 is 1.52 bits per heavy atom. The molecule has 0 aliphatic rings. The molecule has 0 amide bonds. The van der Waals surface area contributed by atoms with Gasteiger partial charge in [-0.15, -0.1) is 0 Å². The molecule has 0 aliphatic heterocycles. The molecule has 0 saturated carbocycles. The molecule has 0 fully saturated rings. The Balaban J connectivity index is 2.53. The lowest BCUT2D eigenvalue weighted by atomic mass is 9.90. The van der Waals surface area contributed by atoms with Gasteiger partial charge in [-0.25, -0.2) is 0 Å². The van der Waals surface area contributed by atoms with Gasteiger partial charge in [-0.3, -0.25) is 0 Å². The van der Waals surface area contributed by atoms with Crippen LogP contribution >= 0.6 is 0 Å². The summed E-state index contributed by atoms with van der Waals surface area (Å²) in [4.78, 5) is 0. The number of rotatable bonds is 16. The minimum Gasteiger partial charge on any atom is -0.0654 e. The number of hydrogen-bond acceptors (Lipinski definition) is 0. The molecule has 144 valence electrons. The van der Waals surface area contributed by atoms with Crippen LogP contribution in [-0.2, 0) is 19.3 Å². The van der Waals surface area contributed by atoms with Gasteiger partial charge in [-0.2, -0.15) is 0 Å². The maximum Gasteiger partial charge on any atom is -0.0273 e. The number of aryl methyl sites for hydroxylation is 2. The van der Waals surface area contributed by atoms with E-state index in [-0.39, 0.29) is 0 Å². The number of hydrogen-bond donors (Lipinski definition) is 0. The first-order chi connectivity index (χ1) is 12.3. The van der Waals surface area contributed by atoms with E-state index in [4.69, 9.17) is 0 Å². The van der Waals surface area contributed by atoms with Crippen molar-refractivity contribution in [1.29, 1.82) is 0 Å². The molecule has 0 saturated heterocycles. The van der Waals surface area contributed by atoms with Crippen LogP contribution in [0.15, 0.2) is 18.2 Å². The summed E-state index contributed by atoms with van der Waals surface area (Å²) in [5.74, 6) is 0. The van der Waals surface area contributed by atoms with Crippen molar-refractivity contribution >= 4 is 0 Å². The van der Waals surface area contributed by atoms with Gasteiger partial charge in [0.2, 0.25) is 0 Å². The average molecular weight is 345 g/mol. The maximum absolute atomic E-state index is 2.42. The Morgan fingerprint density at radius 2 is 0.920 bits per heavy atom. The molecular formula is C25H44. The van der Waals surface area contributed by atoms with Gasteiger partial charge in [-0.1, -0.05) is 103 Å². The van der Waals surface area contributed by atoms with Crippen molar-refractivity contribution < 1.29 is 0 Å². The molecule has 0 N–H and O–H groups in total. The zero-order chi connectivity index (χ0) is 18.2. The van der Waals surface area contributed by atoms with Crippen LogP contribution in [0.2, 0.25) is 0 Å². The zero-order valence-electron chi connectivity index (χ0n) is 17.5. The Bertz CT molecular complexity index is 418. The van der Waals surface area contributed by atoms with Gasteiger partial charge < -0.3 is 0 Å². The van der Waals surface area contributed by atoms with Gasteiger partial charge >= 0.3 is 0 Å². The molecule has 0 bridgehead atoms. The Hall–Kier alpha value is -0.780. The first-order valence-electron chi connectivity index (χ1n) is 11.4. The number of benzene rings is 1. The van der Waals surface area contributed by atoms with Crippen LogP contribution in [0.4, 0.5) is 0 Å². The van der Waals surface area contributed by atoms with Gasteiger partial charge in [0.15, 0.2) is 0 Å². The highest BCUT2D eigenvalue weighted by Gasteiger charge is 2.08. The minimum absolute atomic E-state index is 1.28. The van der Waals surface area contributed by atoms with Crippen LogP contribution in [0, 0.1) is 0 Å². The van der Waals surface area contributed by atoms with Crippen LogP contribution in [0.1, 0.15) is 121 Å².